The third kappa shape index (κ3) is 2.64. The first-order valence-corrected chi connectivity index (χ1v) is 7.11. The van der Waals surface area contributed by atoms with Gasteiger partial charge in [-0.05, 0) is 18.6 Å². The highest BCUT2D eigenvalue weighted by molar-refractivity contribution is 5.95. The number of rotatable bonds is 3. The number of carbonyl (C=O) groups is 1. The van der Waals surface area contributed by atoms with Crippen LogP contribution >= 0.6 is 0 Å². The summed E-state index contributed by atoms with van der Waals surface area (Å²) in [6.45, 7) is 2.41. The predicted octanol–water partition coefficient (Wildman–Crippen LogP) is 1.17. The van der Waals surface area contributed by atoms with Crippen molar-refractivity contribution in [1.82, 2.24) is 0 Å². The van der Waals surface area contributed by atoms with Crippen LogP contribution in [0.1, 0.15) is 12.8 Å². The maximum atomic E-state index is 12.3. The fraction of sp³-hybridized carbons (Fsp3) is 0.533. The quantitative estimate of drug-likeness (QED) is 0.900. The Hall–Kier alpha value is -1.59. The zero-order valence-electron chi connectivity index (χ0n) is 11.5. The van der Waals surface area contributed by atoms with Crippen LogP contribution in [-0.2, 0) is 9.53 Å². The number of para-hydroxylation sites is 2. The van der Waals surface area contributed by atoms with E-state index >= 15 is 0 Å². The molecule has 2 heterocycles. The van der Waals surface area contributed by atoms with Crippen LogP contribution in [0.25, 0.3) is 0 Å². The first-order valence-electron chi connectivity index (χ1n) is 7.11. The molecule has 0 spiro atoms. The van der Waals surface area contributed by atoms with E-state index in [1.54, 1.807) is 4.90 Å². The van der Waals surface area contributed by atoms with E-state index in [2.05, 4.69) is 0 Å². The van der Waals surface area contributed by atoms with Crippen molar-refractivity contribution < 1.29 is 14.3 Å². The van der Waals surface area contributed by atoms with E-state index in [4.69, 9.17) is 15.2 Å². The van der Waals surface area contributed by atoms with Gasteiger partial charge >= 0.3 is 0 Å². The van der Waals surface area contributed by atoms with E-state index in [-0.39, 0.29) is 11.9 Å². The zero-order valence-corrected chi connectivity index (χ0v) is 11.5. The molecule has 1 saturated heterocycles. The zero-order chi connectivity index (χ0) is 13.9. The first-order chi connectivity index (χ1) is 9.75. The van der Waals surface area contributed by atoms with Crippen LogP contribution in [0.2, 0.25) is 0 Å². The molecular weight excluding hydrogens is 256 g/mol. The van der Waals surface area contributed by atoms with E-state index in [1.807, 2.05) is 24.3 Å². The fourth-order valence-corrected chi connectivity index (χ4v) is 2.77. The monoisotopic (exact) mass is 276 g/mol. The largest absolute Gasteiger partial charge is 0.491 e. The molecule has 0 saturated carbocycles. The van der Waals surface area contributed by atoms with Gasteiger partial charge in [-0.1, -0.05) is 12.1 Å². The summed E-state index contributed by atoms with van der Waals surface area (Å²) >= 11 is 0. The molecule has 2 aliphatic heterocycles. The lowest BCUT2D eigenvalue weighted by Crippen LogP contribution is -2.45. The summed E-state index contributed by atoms with van der Waals surface area (Å²) in [4.78, 5) is 14.1. The van der Waals surface area contributed by atoms with Gasteiger partial charge in [-0.3, -0.25) is 4.79 Å². The van der Waals surface area contributed by atoms with Crippen molar-refractivity contribution in [3.8, 4) is 5.75 Å². The number of hydrogen-bond acceptors (Lipinski definition) is 4. The number of hydrogen-bond donors (Lipinski definition) is 1. The molecule has 5 nitrogen and oxygen atoms in total. The maximum absolute atomic E-state index is 12.3. The predicted molar refractivity (Wildman–Crippen MR) is 75.8 cm³/mol. The van der Waals surface area contributed by atoms with Gasteiger partial charge in [-0.2, -0.15) is 0 Å². The average molecular weight is 276 g/mol. The van der Waals surface area contributed by atoms with Crippen molar-refractivity contribution >= 4 is 11.6 Å². The highest BCUT2D eigenvalue weighted by atomic mass is 16.5. The number of nitrogens with two attached hydrogens (primary N) is 1. The Morgan fingerprint density at radius 2 is 2.20 bits per heavy atom. The SMILES string of the molecule is NC(CN1C(=O)CCOc2ccccc21)C1CCOC1. The van der Waals surface area contributed by atoms with E-state index < -0.39 is 0 Å². The number of fused-ring (bicyclic) bond motifs is 1. The van der Waals surface area contributed by atoms with Crippen molar-refractivity contribution in [2.75, 3.05) is 31.3 Å². The minimum absolute atomic E-state index is 0.0624. The number of amides is 1. The van der Waals surface area contributed by atoms with Crippen LogP contribution in [0.4, 0.5) is 5.69 Å². The molecule has 0 bridgehead atoms. The van der Waals surface area contributed by atoms with Gasteiger partial charge in [0.2, 0.25) is 5.91 Å². The second-order valence-electron chi connectivity index (χ2n) is 5.36. The van der Waals surface area contributed by atoms with Gasteiger partial charge in [-0.25, -0.2) is 0 Å². The molecular formula is C15H20N2O3. The smallest absolute Gasteiger partial charge is 0.230 e. The van der Waals surface area contributed by atoms with Crippen LogP contribution in [0, 0.1) is 5.92 Å². The molecule has 1 fully saturated rings. The molecule has 20 heavy (non-hydrogen) atoms. The Labute approximate surface area is 118 Å². The standard InChI is InChI=1S/C15H20N2O3/c16-12(11-5-7-19-10-11)9-17-13-3-1-2-4-14(13)20-8-6-15(17)18/h1-4,11-12H,5-10,16H2. The molecule has 1 aromatic carbocycles. The number of nitrogens with zero attached hydrogens (tertiary/aromatic N) is 1. The fourth-order valence-electron chi connectivity index (χ4n) is 2.77. The molecule has 2 atom stereocenters. The summed E-state index contributed by atoms with van der Waals surface area (Å²) in [5.74, 6) is 1.16. The second kappa shape index (κ2) is 5.81. The highest BCUT2D eigenvalue weighted by Crippen LogP contribution is 2.31. The van der Waals surface area contributed by atoms with Crippen molar-refractivity contribution in [3.05, 3.63) is 24.3 Å². The van der Waals surface area contributed by atoms with Gasteiger partial charge in [0.1, 0.15) is 5.75 Å². The summed E-state index contributed by atoms with van der Waals surface area (Å²) in [7, 11) is 0. The van der Waals surface area contributed by atoms with Crippen molar-refractivity contribution in [3.63, 3.8) is 0 Å². The number of benzene rings is 1. The van der Waals surface area contributed by atoms with Crippen molar-refractivity contribution in [2.45, 2.75) is 18.9 Å². The van der Waals surface area contributed by atoms with E-state index in [1.165, 1.54) is 0 Å². The average Bonchev–Trinajstić information content (AvgIpc) is 2.94. The lowest BCUT2D eigenvalue weighted by atomic mass is 9.99. The maximum Gasteiger partial charge on any atom is 0.230 e. The Balaban J connectivity index is 1.80. The van der Waals surface area contributed by atoms with Gasteiger partial charge in [0.15, 0.2) is 0 Å². The second-order valence-corrected chi connectivity index (χ2v) is 5.36. The molecule has 0 aromatic heterocycles. The lowest BCUT2D eigenvalue weighted by molar-refractivity contribution is -0.118. The number of anilines is 1. The molecule has 1 aromatic rings. The van der Waals surface area contributed by atoms with Crippen LogP contribution in [-0.4, -0.2) is 38.3 Å². The summed E-state index contributed by atoms with van der Waals surface area (Å²) in [6, 6.07) is 7.57. The Morgan fingerprint density at radius 3 is 3.00 bits per heavy atom. The summed E-state index contributed by atoms with van der Waals surface area (Å²) in [5.41, 5.74) is 7.09. The van der Waals surface area contributed by atoms with E-state index in [0.717, 1.165) is 24.5 Å². The highest BCUT2D eigenvalue weighted by Gasteiger charge is 2.29. The van der Waals surface area contributed by atoms with Crippen LogP contribution < -0.4 is 15.4 Å². The molecule has 5 heteroatoms. The third-order valence-corrected chi connectivity index (χ3v) is 3.99. The lowest BCUT2D eigenvalue weighted by Gasteiger charge is -2.27. The van der Waals surface area contributed by atoms with Crippen molar-refractivity contribution in [1.29, 1.82) is 0 Å². The van der Waals surface area contributed by atoms with Crippen LogP contribution in [0.15, 0.2) is 24.3 Å². The molecule has 108 valence electrons. The molecule has 1 amide bonds. The van der Waals surface area contributed by atoms with Crippen LogP contribution in [0.3, 0.4) is 0 Å². The normalized spacial score (nSPS) is 23.9. The van der Waals surface area contributed by atoms with Crippen molar-refractivity contribution in [2.24, 2.45) is 11.7 Å². The third-order valence-electron chi connectivity index (χ3n) is 3.99. The minimum atomic E-state index is -0.0624. The van der Waals surface area contributed by atoms with Gasteiger partial charge in [-0.15, -0.1) is 0 Å². The first kappa shape index (κ1) is 13.4. The van der Waals surface area contributed by atoms with E-state index in [0.29, 0.717) is 32.1 Å². The Morgan fingerprint density at radius 1 is 1.35 bits per heavy atom. The Bertz CT molecular complexity index is 486. The number of ether oxygens (including phenoxy) is 2. The van der Waals surface area contributed by atoms with E-state index in [9.17, 15) is 4.79 Å². The van der Waals surface area contributed by atoms with Gasteiger partial charge in [0, 0.05) is 25.1 Å². The molecule has 2 unspecified atom stereocenters. The summed E-state index contributed by atoms with van der Waals surface area (Å²) in [5, 5.41) is 0. The Kier molecular flexibility index (Phi) is 3.89. The molecule has 2 N–H and O–H groups in total. The minimum Gasteiger partial charge on any atom is -0.491 e. The van der Waals surface area contributed by atoms with Gasteiger partial charge in [0.25, 0.3) is 0 Å². The summed E-state index contributed by atoms with van der Waals surface area (Å²) in [6.07, 6.45) is 1.36. The van der Waals surface area contributed by atoms with Crippen LogP contribution in [0.5, 0.6) is 5.75 Å². The molecule has 0 radical (unpaired) electrons. The van der Waals surface area contributed by atoms with Gasteiger partial charge < -0.3 is 20.1 Å². The molecule has 3 rings (SSSR count). The number of carbonyl (C=O) groups excluding carboxylic acids is 1. The van der Waals surface area contributed by atoms with Gasteiger partial charge in [0.05, 0.1) is 25.3 Å². The molecule has 2 aliphatic rings. The molecule has 0 aliphatic carbocycles. The topological polar surface area (TPSA) is 64.8 Å². The summed E-state index contributed by atoms with van der Waals surface area (Å²) < 4.78 is 11.0.